The largest absolute Gasteiger partial charge is 0.338 e. The van der Waals surface area contributed by atoms with E-state index in [1.165, 1.54) is 11.3 Å². The van der Waals surface area contributed by atoms with Crippen molar-refractivity contribution < 1.29 is 9.32 Å². The fourth-order valence-electron chi connectivity index (χ4n) is 2.76. The third-order valence-corrected chi connectivity index (χ3v) is 4.82. The van der Waals surface area contributed by atoms with Gasteiger partial charge in [-0.3, -0.25) is 9.69 Å². The summed E-state index contributed by atoms with van der Waals surface area (Å²) in [6.45, 7) is 9.27. The molecule has 1 N–H and O–H groups in total. The highest BCUT2D eigenvalue weighted by atomic mass is 32.1. The van der Waals surface area contributed by atoms with E-state index in [1.54, 1.807) is 6.92 Å². The van der Waals surface area contributed by atoms with E-state index in [9.17, 15) is 4.79 Å². The van der Waals surface area contributed by atoms with Gasteiger partial charge < -0.3 is 9.84 Å². The molecule has 24 heavy (non-hydrogen) atoms. The molecule has 3 rings (SSSR count). The number of aryl methyl sites for hydroxylation is 1. The van der Waals surface area contributed by atoms with Gasteiger partial charge in [0.05, 0.1) is 18.3 Å². The lowest BCUT2D eigenvalue weighted by atomic mass is 9.93. The molecule has 1 aliphatic rings. The van der Waals surface area contributed by atoms with Gasteiger partial charge >= 0.3 is 0 Å². The van der Waals surface area contributed by atoms with Crippen molar-refractivity contribution >= 4 is 22.4 Å². The predicted molar refractivity (Wildman–Crippen MR) is 92.0 cm³/mol. The molecule has 0 saturated carbocycles. The van der Waals surface area contributed by atoms with Gasteiger partial charge in [0, 0.05) is 10.8 Å². The molecule has 2 aromatic rings. The summed E-state index contributed by atoms with van der Waals surface area (Å²) in [7, 11) is 0. The van der Waals surface area contributed by atoms with Gasteiger partial charge in [-0.25, -0.2) is 4.98 Å². The summed E-state index contributed by atoms with van der Waals surface area (Å²) >= 11 is 1.46. The molecular weight excluding hydrogens is 326 g/mol. The minimum absolute atomic E-state index is 0.0185. The minimum Gasteiger partial charge on any atom is -0.338 e. The average Bonchev–Trinajstić information content (AvgIpc) is 3.18. The zero-order valence-electron chi connectivity index (χ0n) is 14.5. The quantitative estimate of drug-likeness (QED) is 0.913. The summed E-state index contributed by atoms with van der Waals surface area (Å²) in [6, 6.07) is 0.0263. The molecule has 0 unspecified atom stereocenters. The summed E-state index contributed by atoms with van der Waals surface area (Å²) in [5.41, 5.74) is 0.971. The lowest BCUT2D eigenvalue weighted by Crippen LogP contribution is -2.33. The van der Waals surface area contributed by atoms with Crippen molar-refractivity contribution in [3.8, 4) is 0 Å². The maximum absolute atomic E-state index is 12.4. The van der Waals surface area contributed by atoms with Crippen LogP contribution in [0.15, 0.2) is 9.90 Å². The van der Waals surface area contributed by atoms with Crippen molar-refractivity contribution in [3.63, 3.8) is 0 Å². The highest BCUT2D eigenvalue weighted by Gasteiger charge is 2.31. The molecule has 0 spiro atoms. The molecule has 0 bridgehead atoms. The fraction of sp³-hybridized carbons (Fsp3) is 0.625. The monoisotopic (exact) mass is 349 g/mol. The Hall–Kier alpha value is -1.80. The molecule has 0 aromatic carbocycles. The van der Waals surface area contributed by atoms with Gasteiger partial charge in [0.25, 0.3) is 0 Å². The zero-order chi connectivity index (χ0) is 17.3. The molecule has 1 aliphatic heterocycles. The Labute approximate surface area is 145 Å². The smallest absolute Gasteiger partial charge is 0.243 e. The van der Waals surface area contributed by atoms with Crippen LogP contribution in [0.1, 0.15) is 57.1 Å². The third kappa shape index (κ3) is 3.81. The normalized spacial score (nSPS) is 18.9. The first-order chi connectivity index (χ1) is 11.3. The Kier molecular flexibility index (Phi) is 4.69. The molecule has 1 saturated heterocycles. The number of amides is 1. The van der Waals surface area contributed by atoms with Gasteiger partial charge in [0.2, 0.25) is 11.8 Å². The maximum Gasteiger partial charge on any atom is 0.243 e. The predicted octanol–water partition coefficient (Wildman–Crippen LogP) is 2.91. The van der Waals surface area contributed by atoms with Gasteiger partial charge in [-0.15, -0.1) is 11.3 Å². The molecule has 0 aliphatic carbocycles. The second-order valence-electron chi connectivity index (χ2n) is 7.14. The lowest BCUT2D eigenvalue weighted by Gasteiger charge is -2.20. The number of carbonyl (C=O) groups is 1. The molecular formula is C16H23N5O2S. The molecule has 3 heterocycles. The summed E-state index contributed by atoms with van der Waals surface area (Å²) in [6.07, 6.45) is 1.95. The van der Waals surface area contributed by atoms with Crippen LogP contribution in [0.25, 0.3) is 0 Å². The Morgan fingerprint density at radius 3 is 2.88 bits per heavy atom. The number of rotatable bonds is 4. The van der Waals surface area contributed by atoms with Gasteiger partial charge in [-0.05, 0) is 26.3 Å². The number of likely N-dealkylation sites (tertiary alicyclic amines) is 1. The molecule has 130 valence electrons. The van der Waals surface area contributed by atoms with Gasteiger partial charge in [-0.1, -0.05) is 25.9 Å². The summed E-state index contributed by atoms with van der Waals surface area (Å²) in [4.78, 5) is 23.2. The van der Waals surface area contributed by atoms with Crippen molar-refractivity contribution in [2.45, 2.75) is 52.0 Å². The summed E-state index contributed by atoms with van der Waals surface area (Å²) < 4.78 is 5.27. The number of anilines is 1. The topological polar surface area (TPSA) is 84.2 Å². The number of nitrogens with one attached hydrogen (secondary N) is 1. The molecule has 8 heteroatoms. The number of aromatic nitrogens is 3. The summed E-state index contributed by atoms with van der Waals surface area (Å²) in [5.74, 6) is 1.16. The van der Waals surface area contributed by atoms with Crippen LogP contribution in [0, 0.1) is 6.92 Å². The Morgan fingerprint density at radius 1 is 1.46 bits per heavy atom. The van der Waals surface area contributed by atoms with E-state index < -0.39 is 0 Å². The van der Waals surface area contributed by atoms with Crippen LogP contribution in [-0.4, -0.2) is 39.0 Å². The fourth-order valence-corrected chi connectivity index (χ4v) is 3.72. The second kappa shape index (κ2) is 6.60. The SMILES string of the molecule is Cc1noc([C@@H]2CCCN2CC(=O)Nc2nc(C(C)(C)C)cs2)n1. The molecule has 2 aromatic heterocycles. The van der Waals surface area contributed by atoms with Gasteiger partial charge in [-0.2, -0.15) is 4.98 Å². The van der Waals surface area contributed by atoms with Crippen molar-refractivity contribution in [2.75, 3.05) is 18.4 Å². The highest BCUT2D eigenvalue weighted by Crippen LogP contribution is 2.31. The first-order valence-electron chi connectivity index (χ1n) is 8.13. The second-order valence-corrected chi connectivity index (χ2v) is 8.00. The van der Waals surface area contributed by atoms with Crippen molar-refractivity contribution in [2.24, 2.45) is 0 Å². The van der Waals surface area contributed by atoms with Gasteiger partial charge in [0.15, 0.2) is 11.0 Å². The number of hydrogen-bond acceptors (Lipinski definition) is 7. The zero-order valence-corrected chi connectivity index (χ0v) is 15.3. The molecule has 1 amide bonds. The first kappa shape index (κ1) is 17.0. The molecule has 0 radical (unpaired) electrons. The van der Waals surface area contributed by atoms with Gasteiger partial charge in [0.1, 0.15) is 0 Å². The maximum atomic E-state index is 12.4. The van der Waals surface area contributed by atoms with E-state index >= 15 is 0 Å². The standard InChI is InChI=1S/C16H23N5O2S/c1-10-17-14(23-20-10)11-6-5-7-21(11)8-13(22)19-15-18-12(9-24-15)16(2,3)4/h9,11H,5-8H2,1-4H3,(H,18,19,22)/t11-/m0/s1. The van der Waals surface area contributed by atoms with E-state index in [1.807, 2.05) is 5.38 Å². The number of carbonyl (C=O) groups excluding carboxylic acids is 1. The number of nitrogens with zero attached hydrogens (tertiary/aromatic N) is 4. The van der Waals surface area contributed by atoms with Crippen LogP contribution in [0.2, 0.25) is 0 Å². The highest BCUT2D eigenvalue weighted by molar-refractivity contribution is 7.13. The summed E-state index contributed by atoms with van der Waals surface area (Å²) in [5, 5.41) is 9.39. The Bertz CT molecular complexity index is 718. The van der Waals surface area contributed by atoms with Crippen molar-refractivity contribution in [1.82, 2.24) is 20.0 Å². The Morgan fingerprint density at radius 2 is 2.25 bits per heavy atom. The van der Waals surface area contributed by atoms with Crippen LogP contribution in [0.5, 0.6) is 0 Å². The van der Waals surface area contributed by atoms with E-state index in [4.69, 9.17) is 4.52 Å². The molecule has 1 fully saturated rings. The van der Waals surface area contributed by atoms with Crippen molar-refractivity contribution in [3.05, 3.63) is 22.8 Å². The Balaban J connectivity index is 1.61. The number of thiazole rings is 1. The average molecular weight is 349 g/mol. The van der Waals surface area contributed by atoms with Crippen LogP contribution < -0.4 is 5.32 Å². The molecule has 7 nitrogen and oxygen atoms in total. The van der Waals surface area contributed by atoms with E-state index in [2.05, 4.69) is 46.1 Å². The lowest BCUT2D eigenvalue weighted by molar-refractivity contribution is -0.117. The van der Waals surface area contributed by atoms with Crippen molar-refractivity contribution in [1.29, 1.82) is 0 Å². The third-order valence-electron chi connectivity index (χ3n) is 4.06. The van der Waals surface area contributed by atoms with E-state index in [0.29, 0.717) is 23.4 Å². The van der Waals surface area contributed by atoms with Crippen LogP contribution >= 0.6 is 11.3 Å². The van der Waals surface area contributed by atoms with E-state index in [0.717, 1.165) is 25.1 Å². The van der Waals surface area contributed by atoms with Crippen LogP contribution in [-0.2, 0) is 10.2 Å². The minimum atomic E-state index is -0.0621. The van der Waals surface area contributed by atoms with Crippen LogP contribution in [0.4, 0.5) is 5.13 Å². The first-order valence-corrected chi connectivity index (χ1v) is 9.01. The molecule has 1 atom stereocenters. The van der Waals surface area contributed by atoms with Crippen LogP contribution in [0.3, 0.4) is 0 Å². The van der Waals surface area contributed by atoms with E-state index in [-0.39, 0.29) is 17.4 Å². The number of hydrogen-bond donors (Lipinski definition) is 1.